The van der Waals surface area contributed by atoms with Crippen molar-refractivity contribution >= 4 is 5.91 Å². The second-order valence-corrected chi connectivity index (χ2v) is 5.48. The van der Waals surface area contributed by atoms with Crippen LogP contribution in [-0.4, -0.2) is 45.2 Å². The molecule has 1 aromatic heterocycles. The van der Waals surface area contributed by atoms with Gasteiger partial charge in [-0.3, -0.25) is 9.78 Å². The summed E-state index contributed by atoms with van der Waals surface area (Å²) in [4.78, 5) is 27.6. The quantitative estimate of drug-likeness (QED) is 0.862. The van der Waals surface area contributed by atoms with Crippen molar-refractivity contribution in [3.63, 3.8) is 0 Å². The Kier molecular flexibility index (Phi) is 4.52. The van der Waals surface area contributed by atoms with Gasteiger partial charge in [0.2, 0.25) is 5.82 Å². The van der Waals surface area contributed by atoms with Crippen molar-refractivity contribution in [3.8, 4) is 0 Å². The van der Waals surface area contributed by atoms with E-state index in [4.69, 9.17) is 4.74 Å². The van der Waals surface area contributed by atoms with Crippen molar-refractivity contribution in [1.82, 2.24) is 20.1 Å². The van der Waals surface area contributed by atoms with Gasteiger partial charge in [-0.05, 0) is 30.5 Å². The van der Waals surface area contributed by atoms with Crippen LogP contribution in [0.25, 0.3) is 0 Å². The first-order valence-electron chi connectivity index (χ1n) is 7.42. The zero-order valence-electron chi connectivity index (χ0n) is 12.4. The van der Waals surface area contributed by atoms with Crippen LogP contribution < -0.4 is 5.69 Å². The average Bonchev–Trinajstić information content (AvgIpc) is 3.17. The molecule has 122 valence electrons. The minimum Gasteiger partial charge on any atom is -0.376 e. The molecule has 1 fully saturated rings. The highest BCUT2D eigenvalue weighted by Gasteiger charge is 2.25. The Morgan fingerprint density at radius 2 is 2.35 bits per heavy atom. The Balaban J connectivity index is 1.80. The van der Waals surface area contributed by atoms with Gasteiger partial charge in [0.15, 0.2) is 0 Å². The Morgan fingerprint density at radius 1 is 1.48 bits per heavy atom. The molecule has 8 heteroatoms. The molecule has 1 aliphatic heterocycles. The smallest absolute Gasteiger partial charge is 0.341 e. The number of halogens is 1. The molecule has 3 rings (SSSR count). The molecule has 0 bridgehead atoms. The minimum atomic E-state index is -0.545. The number of H-pyrrole nitrogens is 2. The summed E-state index contributed by atoms with van der Waals surface area (Å²) >= 11 is 0. The molecular weight excluding hydrogens is 303 g/mol. The number of carbonyl (C=O) groups is 1. The first-order chi connectivity index (χ1) is 11.1. The van der Waals surface area contributed by atoms with E-state index in [2.05, 4.69) is 15.2 Å². The van der Waals surface area contributed by atoms with Crippen LogP contribution in [0.3, 0.4) is 0 Å². The topological polar surface area (TPSA) is 91.1 Å². The summed E-state index contributed by atoms with van der Waals surface area (Å²) in [6.45, 7) is 1.25. The highest BCUT2D eigenvalue weighted by Crippen LogP contribution is 2.16. The number of rotatable bonds is 5. The number of nitrogens with one attached hydrogen (secondary N) is 2. The molecule has 2 N–H and O–H groups in total. The van der Waals surface area contributed by atoms with Gasteiger partial charge in [0, 0.05) is 19.7 Å². The number of hydrogen-bond acceptors (Lipinski definition) is 4. The summed E-state index contributed by atoms with van der Waals surface area (Å²) in [6.07, 6.45) is 1.76. The Bertz CT molecular complexity index is 736. The van der Waals surface area contributed by atoms with Crippen LogP contribution in [0.15, 0.2) is 29.1 Å². The molecule has 1 saturated heterocycles. The number of benzene rings is 1. The third-order valence-corrected chi connectivity index (χ3v) is 3.70. The molecule has 0 spiro atoms. The van der Waals surface area contributed by atoms with E-state index >= 15 is 0 Å². The van der Waals surface area contributed by atoms with Crippen LogP contribution in [0.5, 0.6) is 0 Å². The van der Waals surface area contributed by atoms with E-state index in [0.29, 0.717) is 18.7 Å². The fraction of sp³-hybridized carbons (Fsp3) is 0.400. The molecule has 0 aliphatic carbocycles. The standard InChI is InChI=1S/C15H17FN4O3/c16-11-4-1-3-10(7-11)8-20(9-12-5-2-6-23-12)14(21)13-17-15(22)19-18-13/h1,3-4,7,12H,2,5-6,8-9H2,(H2,17,18,19,22). The number of carbonyl (C=O) groups excluding carboxylic acids is 1. The molecule has 1 atom stereocenters. The van der Waals surface area contributed by atoms with Crippen molar-refractivity contribution in [1.29, 1.82) is 0 Å². The van der Waals surface area contributed by atoms with Gasteiger partial charge in [0.1, 0.15) is 5.82 Å². The van der Waals surface area contributed by atoms with Crippen molar-refractivity contribution in [3.05, 3.63) is 52.0 Å². The van der Waals surface area contributed by atoms with Gasteiger partial charge in [0.05, 0.1) is 6.10 Å². The third kappa shape index (κ3) is 3.84. The van der Waals surface area contributed by atoms with E-state index in [0.717, 1.165) is 12.8 Å². The highest BCUT2D eigenvalue weighted by atomic mass is 19.1. The van der Waals surface area contributed by atoms with E-state index in [1.54, 1.807) is 12.1 Å². The van der Waals surface area contributed by atoms with Gasteiger partial charge in [-0.15, -0.1) is 5.10 Å². The van der Waals surface area contributed by atoms with E-state index in [9.17, 15) is 14.0 Å². The normalized spacial score (nSPS) is 17.3. The summed E-state index contributed by atoms with van der Waals surface area (Å²) in [5.74, 6) is -0.854. The van der Waals surface area contributed by atoms with Crippen molar-refractivity contribution in [2.24, 2.45) is 0 Å². The number of nitrogens with zero attached hydrogens (tertiary/aromatic N) is 2. The number of amides is 1. The molecule has 7 nitrogen and oxygen atoms in total. The lowest BCUT2D eigenvalue weighted by atomic mass is 10.1. The lowest BCUT2D eigenvalue weighted by molar-refractivity contribution is 0.0498. The summed E-state index contributed by atoms with van der Waals surface area (Å²) in [6, 6.07) is 6.06. The molecule has 1 unspecified atom stereocenters. The molecule has 1 aromatic carbocycles. The van der Waals surface area contributed by atoms with Gasteiger partial charge in [-0.2, -0.15) is 0 Å². The Morgan fingerprint density at radius 3 is 3.00 bits per heavy atom. The molecule has 0 saturated carbocycles. The van der Waals surface area contributed by atoms with Crippen LogP contribution >= 0.6 is 0 Å². The van der Waals surface area contributed by atoms with Crippen LogP contribution in [0.1, 0.15) is 29.0 Å². The van der Waals surface area contributed by atoms with Gasteiger partial charge in [-0.25, -0.2) is 14.3 Å². The number of ether oxygens (including phenoxy) is 1. The van der Waals surface area contributed by atoms with E-state index in [1.807, 2.05) is 0 Å². The third-order valence-electron chi connectivity index (χ3n) is 3.70. The summed E-state index contributed by atoms with van der Waals surface area (Å²) in [7, 11) is 0. The number of aromatic nitrogens is 3. The maximum atomic E-state index is 13.4. The summed E-state index contributed by atoms with van der Waals surface area (Å²) in [5.41, 5.74) is 0.116. The zero-order chi connectivity index (χ0) is 16.2. The van der Waals surface area contributed by atoms with Crippen LogP contribution in [-0.2, 0) is 11.3 Å². The second-order valence-electron chi connectivity index (χ2n) is 5.48. The molecule has 1 aliphatic rings. The van der Waals surface area contributed by atoms with Gasteiger partial charge in [-0.1, -0.05) is 12.1 Å². The van der Waals surface area contributed by atoms with Crippen molar-refractivity contribution in [2.45, 2.75) is 25.5 Å². The Hall–Kier alpha value is -2.48. The second kappa shape index (κ2) is 6.74. The van der Waals surface area contributed by atoms with Crippen molar-refractivity contribution < 1.29 is 13.9 Å². The molecule has 0 radical (unpaired) electrons. The number of aromatic amines is 2. The van der Waals surface area contributed by atoms with Crippen LogP contribution in [0.4, 0.5) is 4.39 Å². The first-order valence-corrected chi connectivity index (χ1v) is 7.42. The zero-order valence-corrected chi connectivity index (χ0v) is 12.4. The molecule has 2 heterocycles. The SMILES string of the molecule is O=C(c1n[nH]c(=O)[nH]1)N(Cc1cccc(F)c1)CC1CCCO1. The van der Waals surface area contributed by atoms with Gasteiger partial charge >= 0.3 is 5.69 Å². The van der Waals surface area contributed by atoms with E-state index < -0.39 is 11.6 Å². The molecule has 1 amide bonds. The number of hydrogen-bond donors (Lipinski definition) is 2. The lowest BCUT2D eigenvalue weighted by Crippen LogP contribution is -2.37. The highest BCUT2D eigenvalue weighted by molar-refractivity contribution is 5.90. The van der Waals surface area contributed by atoms with Crippen molar-refractivity contribution in [2.75, 3.05) is 13.2 Å². The van der Waals surface area contributed by atoms with E-state index in [1.165, 1.54) is 17.0 Å². The van der Waals surface area contributed by atoms with Crippen LogP contribution in [0, 0.1) is 5.82 Å². The Labute approximate surface area is 131 Å². The summed E-state index contributed by atoms with van der Waals surface area (Å²) in [5, 5.41) is 5.84. The fourth-order valence-corrected chi connectivity index (χ4v) is 2.63. The predicted molar refractivity (Wildman–Crippen MR) is 79.3 cm³/mol. The fourth-order valence-electron chi connectivity index (χ4n) is 2.63. The predicted octanol–water partition coefficient (Wildman–Crippen LogP) is 1.06. The maximum Gasteiger partial charge on any atom is 0.341 e. The lowest BCUT2D eigenvalue weighted by Gasteiger charge is -2.24. The van der Waals surface area contributed by atoms with Gasteiger partial charge < -0.3 is 9.64 Å². The van der Waals surface area contributed by atoms with E-state index in [-0.39, 0.29) is 24.3 Å². The molecule has 2 aromatic rings. The van der Waals surface area contributed by atoms with Gasteiger partial charge in [0.25, 0.3) is 5.91 Å². The monoisotopic (exact) mass is 320 g/mol. The summed E-state index contributed by atoms with van der Waals surface area (Å²) < 4.78 is 18.9. The largest absolute Gasteiger partial charge is 0.376 e. The molecule has 23 heavy (non-hydrogen) atoms. The van der Waals surface area contributed by atoms with Crippen LogP contribution in [0.2, 0.25) is 0 Å². The average molecular weight is 320 g/mol. The minimum absolute atomic E-state index is 0.0572. The maximum absolute atomic E-state index is 13.4. The molecular formula is C15H17FN4O3. The first kappa shape index (κ1) is 15.4.